The molecule has 5 heteroatoms. The lowest BCUT2D eigenvalue weighted by atomic mass is 10.3. The summed E-state index contributed by atoms with van der Waals surface area (Å²) in [6.45, 7) is 7.19. The number of aromatic nitrogens is 2. The lowest BCUT2D eigenvalue weighted by molar-refractivity contribution is 0.256. The third-order valence-electron chi connectivity index (χ3n) is 2.92. The van der Waals surface area contributed by atoms with E-state index in [1.165, 1.54) is 0 Å². The molecule has 0 radical (unpaired) electrons. The van der Waals surface area contributed by atoms with Gasteiger partial charge in [0.15, 0.2) is 0 Å². The fourth-order valence-corrected chi connectivity index (χ4v) is 2.72. The highest BCUT2D eigenvalue weighted by atomic mass is 32.2. The van der Waals surface area contributed by atoms with Crippen LogP contribution in [0.25, 0.3) is 0 Å². The molecule has 0 amide bonds. The Morgan fingerprint density at radius 3 is 2.65 bits per heavy atom. The van der Waals surface area contributed by atoms with Crippen molar-refractivity contribution in [2.45, 2.75) is 39.4 Å². The molecule has 0 unspecified atom stereocenters. The molecular weight excluding hydrogens is 234 g/mol. The lowest BCUT2D eigenvalue weighted by Crippen LogP contribution is -2.33. The number of rotatable bonds is 6. The second-order valence-electron chi connectivity index (χ2n) is 4.85. The summed E-state index contributed by atoms with van der Waals surface area (Å²) in [5.74, 6) is 1.77. The maximum absolute atomic E-state index is 11.2. The molecule has 0 saturated carbocycles. The van der Waals surface area contributed by atoms with Gasteiger partial charge in [-0.3, -0.25) is 9.11 Å². The summed E-state index contributed by atoms with van der Waals surface area (Å²) in [6.07, 6.45) is 5.60. The van der Waals surface area contributed by atoms with Crippen LogP contribution in [0.3, 0.4) is 0 Å². The van der Waals surface area contributed by atoms with Gasteiger partial charge in [-0.1, -0.05) is 0 Å². The van der Waals surface area contributed by atoms with Gasteiger partial charge in [-0.25, -0.2) is 4.98 Å². The first kappa shape index (κ1) is 14.4. The van der Waals surface area contributed by atoms with E-state index in [4.69, 9.17) is 0 Å². The molecule has 4 nitrogen and oxygen atoms in total. The number of hydrogen-bond donors (Lipinski definition) is 0. The highest BCUT2D eigenvalue weighted by molar-refractivity contribution is 7.84. The molecule has 17 heavy (non-hydrogen) atoms. The van der Waals surface area contributed by atoms with Crippen molar-refractivity contribution < 1.29 is 4.21 Å². The summed E-state index contributed by atoms with van der Waals surface area (Å²) in [6, 6.07) is 0.731. The molecular formula is C12H23N3OS. The van der Waals surface area contributed by atoms with Crippen LogP contribution in [0, 0.1) is 0 Å². The Morgan fingerprint density at radius 2 is 2.12 bits per heavy atom. The number of nitrogens with zero attached hydrogens (tertiary/aromatic N) is 3. The summed E-state index contributed by atoms with van der Waals surface area (Å²) in [4.78, 5) is 6.58. The Morgan fingerprint density at radius 1 is 1.47 bits per heavy atom. The standard InChI is InChI=1S/C12H23N3OS/c1-10(2)15-7-6-13-12(15)8-14(4)11(3)9-17(5)16/h6-7,10-11H,8-9H2,1-5H3/t11-,17+/m1/s1. The summed E-state index contributed by atoms with van der Waals surface area (Å²) in [7, 11) is 1.30. The third-order valence-corrected chi connectivity index (χ3v) is 3.88. The first-order chi connectivity index (χ1) is 7.91. The van der Waals surface area contributed by atoms with E-state index in [9.17, 15) is 4.21 Å². The molecule has 1 heterocycles. The van der Waals surface area contributed by atoms with Crippen LogP contribution in [0.5, 0.6) is 0 Å². The van der Waals surface area contributed by atoms with Crippen LogP contribution in [-0.4, -0.2) is 43.8 Å². The number of hydrogen-bond acceptors (Lipinski definition) is 3. The molecule has 1 aromatic rings. The Hall–Kier alpha value is -0.680. The van der Waals surface area contributed by atoms with Crippen molar-refractivity contribution in [2.24, 2.45) is 0 Å². The zero-order valence-corrected chi connectivity index (χ0v) is 12.2. The van der Waals surface area contributed by atoms with Crippen molar-refractivity contribution in [3.63, 3.8) is 0 Å². The second kappa shape index (κ2) is 6.31. The minimum absolute atomic E-state index is 0.304. The zero-order chi connectivity index (χ0) is 13.0. The maximum atomic E-state index is 11.2. The van der Waals surface area contributed by atoms with Crippen molar-refractivity contribution in [1.29, 1.82) is 0 Å². The third kappa shape index (κ3) is 4.24. The van der Waals surface area contributed by atoms with Gasteiger partial charge in [-0.15, -0.1) is 0 Å². The predicted molar refractivity (Wildman–Crippen MR) is 72.5 cm³/mol. The molecule has 0 spiro atoms. The molecule has 0 aliphatic rings. The first-order valence-electron chi connectivity index (χ1n) is 5.93. The van der Waals surface area contributed by atoms with Crippen molar-refractivity contribution in [3.05, 3.63) is 18.2 Å². The SMILES string of the molecule is CC(C)n1ccnc1CN(C)[C@H](C)C[S@](C)=O. The highest BCUT2D eigenvalue weighted by Gasteiger charge is 2.14. The topological polar surface area (TPSA) is 38.1 Å². The van der Waals surface area contributed by atoms with E-state index in [0.717, 1.165) is 12.4 Å². The number of imidazole rings is 1. The fourth-order valence-electron chi connectivity index (χ4n) is 1.78. The predicted octanol–water partition coefficient (Wildman–Crippen LogP) is 1.66. The van der Waals surface area contributed by atoms with E-state index in [1.807, 2.05) is 12.4 Å². The van der Waals surface area contributed by atoms with Gasteiger partial charge in [0.25, 0.3) is 0 Å². The molecule has 0 aromatic carbocycles. The van der Waals surface area contributed by atoms with Crippen LogP contribution < -0.4 is 0 Å². The molecule has 0 bridgehead atoms. The summed E-state index contributed by atoms with van der Waals surface area (Å²) >= 11 is 0. The van der Waals surface area contributed by atoms with Crippen LogP contribution in [0.2, 0.25) is 0 Å². The molecule has 2 atom stereocenters. The van der Waals surface area contributed by atoms with Crippen molar-refractivity contribution in [1.82, 2.24) is 14.5 Å². The molecule has 0 aliphatic heterocycles. The fraction of sp³-hybridized carbons (Fsp3) is 0.750. The smallest absolute Gasteiger partial charge is 0.123 e. The van der Waals surface area contributed by atoms with Gasteiger partial charge in [0.1, 0.15) is 5.82 Å². The van der Waals surface area contributed by atoms with E-state index in [-0.39, 0.29) is 0 Å². The first-order valence-corrected chi connectivity index (χ1v) is 7.66. The average molecular weight is 257 g/mol. The van der Waals surface area contributed by atoms with E-state index in [0.29, 0.717) is 17.8 Å². The summed E-state index contributed by atoms with van der Waals surface area (Å²) in [5.41, 5.74) is 0. The Bertz CT molecular complexity index is 376. The molecule has 1 aromatic heterocycles. The quantitative estimate of drug-likeness (QED) is 0.778. The second-order valence-corrected chi connectivity index (χ2v) is 6.33. The van der Waals surface area contributed by atoms with Gasteiger partial charge in [0.2, 0.25) is 0 Å². The molecule has 0 fully saturated rings. The normalized spacial score (nSPS) is 15.5. The summed E-state index contributed by atoms with van der Waals surface area (Å²) in [5, 5.41) is 0. The van der Waals surface area contributed by atoms with Crippen molar-refractivity contribution in [2.75, 3.05) is 19.1 Å². The van der Waals surface area contributed by atoms with Gasteiger partial charge < -0.3 is 4.57 Å². The van der Waals surface area contributed by atoms with Crippen LogP contribution in [0.1, 0.15) is 32.6 Å². The van der Waals surface area contributed by atoms with Gasteiger partial charge in [0, 0.05) is 47.3 Å². The van der Waals surface area contributed by atoms with E-state index >= 15 is 0 Å². The van der Waals surface area contributed by atoms with Crippen LogP contribution in [0.15, 0.2) is 12.4 Å². The van der Waals surface area contributed by atoms with E-state index in [2.05, 4.69) is 42.3 Å². The summed E-state index contributed by atoms with van der Waals surface area (Å²) < 4.78 is 13.4. The van der Waals surface area contributed by atoms with E-state index < -0.39 is 10.8 Å². The molecule has 1 rings (SSSR count). The van der Waals surface area contributed by atoms with Gasteiger partial charge >= 0.3 is 0 Å². The van der Waals surface area contributed by atoms with Gasteiger partial charge in [0.05, 0.1) is 6.54 Å². The van der Waals surface area contributed by atoms with Crippen molar-refractivity contribution in [3.8, 4) is 0 Å². The minimum atomic E-state index is -0.748. The van der Waals surface area contributed by atoms with Crippen LogP contribution >= 0.6 is 0 Å². The molecule has 0 saturated heterocycles. The molecule has 98 valence electrons. The lowest BCUT2D eigenvalue weighted by Gasteiger charge is -2.24. The highest BCUT2D eigenvalue weighted by Crippen LogP contribution is 2.11. The van der Waals surface area contributed by atoms with Crippen LogP contribution in [-0.2, 0) is 17.3 Å². The van der Waals surface area contributed by atoms with Gasteiger partial charge in [-0.05, 0) is 27.8 Å². The zero-order valence-electron chi connectivity index (χ0n) is 11.4. The Labute approximate surface area is 106 Å². The average Bonchev–Trinajstić information content (AvgIpc) is 2.64. The van der Waals surface area contributed by atoms with Gasteiger partial charge in [-0.2, -0.15) is 0 Å². The van der Waals surface area contributed by atoms with Crippen LogP contribution in [0.4, 0.5) is 0 Å². The molecule has 0 aliphatic carbocycles. The molecule has 0 N–H and O–H groups in total. The largest absolute Gasteiger partial charge is 0.331 e. The minimum Gasteiger partial charge on any atom is -0.331 e. The Kier molecular flexibility index (Phi) is 5.33. The monoisotopic (exact) mass is 257 g/mol. The maximum Gasteiger partial charge on any atom is 0.123 e. The van der Waals surface area contributed by atoms with E-state index in [1.54, 1.807) is 6.26 Å². The Balaban J connectivity index is 2.64. The van der Waals surface area contributed by atoms with Crippen molar-refractivity contribution >= 4 is 10.8 Å².